The Morgan fingerprint density at radius 2 is 2.14 bits per heavy atom. The Hall–Kier alpha value is -0.610. The summed E-state index contributed by atoms with van der Waals surface area (Å²) in [4.78, 5) is 11.3. The van der Waals surface area contributed by atoms with Gasteiger partial charge >= 0.3 is 5.97 Å². The van der Waals surface area contributed by atoms with Crippen LogP contribution in [-0.2, 0) is 14.3 Å². The van der Waals surface area contributed by atoms with E-state index in [1.807, 2.05) is 0 Å². The molecule has 1 N–H and O–H groups in total. The van der Waals surface area contributed by atoms with Gasteiger partial charge in [0, 0.05) is 7.11 Å². The van der Waals surface area contributed by atoms with Gasteiger partial charge in [0.15, 0.2) is 0 Å². The first-order chi connectivity index (χ1) is 6.56. The van der Waals surface area contributed by atoms with Crippen molar-refractivity contribution in [1.29, 1.82) is 0 Å². The highest BCUT2D eigenvalue weighted by Gasteiger charge is 2.50. The monoisotopic (exact) mass is 202 g/mol. The SMILES string of the molecule is COCC(O)(C1CC1)C(C)C(=O)OC. The fourth-order valence-corrected chi connectivity index (χ4v) is 1.79. The van der Waals surface area contributed by atoms with Gasteiger partial charge in [-0.1, -0.05) is 0 Å². The topological polar surface area (TPSA) is 55.8 Å². The first kappa shape index (κ1) is 11.5. The molecule has 0 radical (unpaired) electrons. The van der Waals surface area contributed by atoms with Crippen molar-refractivity contribution in [2.45, 2.75) is 25.4 Å². The van der Waals surface area contributed by atoms with Crippen LogP contribution in [-0.4, -0.2) is 37.5 Å². The average molecular weight is 202 g/mol. The van der Waals surface area contributed by atoms with Gasteiger partial charge < -0.3 is 14.6 Å². The van der Waals surface area contributed by atoms with E-state index >= 15 is 0 Å². The molecular formula is C10H18O4. The zero-order valence-corrected chi connectivity index (χ0v) is 8.95. The van der Waals surface area contributed by atoms with Crippen LogP contribution in [0, 0.1) is 11.8 Å². The summed E-state index contributed by atoms with van der Waals surface area (Å²) in [6.45, 7) is 1.87. The van der Waals surface area contributed by atoms with Crippen molar-refractivity contribution in [3.05, 3.63) is 0 Å². The predicted octanol–water partition coefficient (Wildman–Crippen LogP) is 0.583. The lowest BCUT2D eigenvalue weighted by molar-refractivity contribution is -0.161. The maximum Gasteiger partial charge on any atom is 0.311 e. The van der Waals surface area contributed by atoms with E-state index in [0.29, 0.717) is 0 Å². The Kier molecular flexibility index (Phi) is 3.50. The highest BCUT2D eigenvalue weighted by Crippen LogP contribution is 2.44. The third-order valence-corrected chi connectivity index (χ3v) is 2.96. The number of carbonyl (C=O) groups is 1. The van der Waals surface area contributed by atoms with Crippen LogP contribution in [0.1, 0.15) is 19.8 Å². The molecule has 1 rings (SSSR count). The van der Waals surface area contributed by atoms with Crippen molar-refractivity contribution in [2.24, 2.45) is 11.8 Å². The fourth-order valence-electron chi connectivity index (χ4n) is 1.79. The Bertz CT molecular complexity index is 212. The fraction of sp³-hybridized carbons (Fsp3) is 0.900. The van der Waals surface area contributed by atoms with E-state index in [1.165, 1.54) is 14.2 Å². The number of aliphatic hydroxyl groups is 1. The zero-order chi connectivity index (χ0) is 10.8. The summed E-state index contributed by atoms with van der Waals surface area (Å²) in [5, 5.41) is 10.3. The summed E-state index contributed by atoms with van der Waals surface area (Å²) < 4.78 is 9.59. The second-order valence-electron chi connectivity index (χ2n) is 3.94. The molecule has 1 aliphatic carbocycles. The van der Waals surface area contributed by atoms with Crippen molar-refractivity contribution in [1.82, 2.24) is 0 Å². The molecule has 2 unspecified atom stereocenters. The van der Waals surface area contributed by atoms with Crippen molar-refractivity contribution >= 4 is 5.97 Å². The molecule has 82 valence electrons. The van der Waals surface area contributed by atoms with E-state index in [2.05, 4.69) is 4.74 Å². The van der Waals surface area contributed by atoms with Gasteiger partial charge in [-0.05, 0) is 25.7 Å². The molecule has 0 amide bonds. The maximum absolute atomic E-state index is 11.3. The molecule has 1 fully saturated rings. The molecule has 4 nitrogen and oxygen atoms in total. The number of methoxy groups -OCH3 is 2. The van der Waals surface area contributed by atoms with Gasteiger partial charge in [-0.15, -0.1) is 0 Å². The van der Waals surface area contributed by atoms with Crippen LogP contribution in [0.3, 0.4) is 0 Å². The normalized spacial score (nSPS) is 22.6. The second-order valence-corrected chi connectivity index (χ2v) is 3.94. The lowest BCUT2D eigenvalue weighted by Gasteiger charge is -2.31. The molecule has 14 heavy (non-hydrogen) atoms. The van der Waals surface area contributed by atoms with E-state index in [1.54, 1.807) is 6.92 Å². The van der Waals surface area contributed by atoms with Crippen molar-refractivity contribution in [2.75, 3.05) is 20.8 Å². The number of esters is 1. The van der Waals surface area contributed by atoms with Gasteiger partial charge in [0.05, 0.1) is 19.6 Å². The predicted molar refractivity (Wildman–Crippen MR) is 50.7 cm³/mol. The van der Waals surface area contributed by atoms with Crippen molar-refractivity contribution in [3.63, 3.8) is 0 Å². The molecular weight excluding hydrogens is 184 g/mol. The van der Waals surface area contributed by atoms with Crippen LogP contribution >= 0.6 is 0 Å². The van der Waals surface area contributed by atoms with E-state index in [-0.39, 0.29) is 18.5 Å². The number of rotatable bonds is 5. The zero-order valence-electron chi connectivity index (χ0n) is 8.95. The quantitative estimate of drug-likeness (QED) is 0.663. The lowest BCUT2D eigenvalue weighted by atomic mass is 9.85. The largest absolute Gasteiger partial charge is 0.469 e. The van der Waals surface area contributed by atoms with Gasteiger partial charge in [-0.3, -0.25) is 4.79 Å². The Morgan fingerprint density at radius 3 is 2.50 bits per heavy atom. The van der Waals surface area contributed by atoms with Crippen molar-refractivity contribution < 1.29 is 19.4 Å². The highest BCUT2D eigenvalue weighted by molar-refractivity contribution is 5.73. The summed E-state index contributed by atoms with van der Waals surface area (Å²) in [5.41, 5.74) is -1.05. The summed E-state index contributed by atoms with van der Waals surface area (Å²) in [6, 6.07) is 0. The molecule has 0 heterocycles. The van der Waals surface area contributed by atoms with Gasteiger partial charge in [-0.25, -0.2) is 0 Å². The van der Waals surface area contributed by atoms with Gasteiger partial charge in [-0.2, -0.15) is 0 Å². The van der Waals surface area contributed by atoms with Crippen LogP contribution < -0.4 is 0 Å². The minimum absolute atomic E-state index is 0.177. The lowest BCUT2D eigenvalue weighted by Crippen LogP contribution is -2.47. The van der Waals surface area contributed by atoms with Crippen LogP contribution in [0.2, 0.25) is 0 Å². The molecule has 0 bridgehead atoms. The number of hydrogen-bond acceptors (Lipinski definition) is 4. The first-order valence-corrected chi connectivity index (χ1v) is 4.85. The standard InChI is InChI=1S/C10H18O4/c1-7(9(11)14-3)10(12,6-13-2)8-4-5-8/h7-8,12H,4-6H2,1-3H3. The molecule has 0 aromatic heterocycles. The summed E-state index contributed by atoms with van der Waals surface area (Å²) in [7, 11) is 2.86. The van der Waals surface area contributed by atoms with Gasteiger partial charge in [0.25, 0.3) is 0 Å². The smallest absolute Gasteiger partial charge is 0.311 e. The van der Waals surface area contributed by atoms with Gasteiger partial charge in [0.2, 0.25) is 0 Å². The van der Waals surface area contributed by atoms with Crippen molar-refractivity contribution in [3.8, 4) is 0 Å². The van der Waals surface area contributed by atoms with E-state index in [9.17, 15) is 9.90 Å². The maximum atomic E-state index is 11.3. The molecule has 0 spiro atoms. The number of hydrogen-bond donors (Lipinski definition) is 1. The molecule has 0 saturated heterocycles. The summed E-state index contributed by atoms with van der Waals surface area (Å²) in [6.07, 6.45) is 1.92. The molecule has 1 saturated carbocycles. The van der Waals surface area contributed by atoms with E-state index in [0.717, 1.165) is 12.8 Å². The molecule has 0 aromatic rings. The Balaban J connectivity index is 2.70. The molecule has 4 heteroatoms. The Labute approximate surface area is 84.2 Å². The minimum Gasteiger partial charge on any atom is -0.469 e. The van der Waals surface area contributed by atoms with E-state index in [4.69, 9.17) is 4.74 Å². The summed E-state index contributed by atoms with van der Waals surface area (Å²) in [5.74, 6) is -0.729. The molecule has 0 aliphatic heterocycles. The molecule has 2 atom stereocenters. The van der Waals surface area contributed by atoms with Crippen LogP contribution in [0.4, 0.5) is 0 Å². The molecule has 0 aromatic carbocycles. The third-order valence-electron chi connectivity index (χ3n) is 2.96. The average Bonchev–Trinajstić information content (AvgIpc) is 2.99. The number of ether oxygens (including phenoxy) is 2. The van der Waals surface area contributed by atoms with E-state index < -0.39 is 11.5 Å². The third kappa shape index (κ3) is 2.07. The highest BCUT2D eigenvalue weighted by atomic mass is 16.5. The summed E-state index contributed by atoms with van der Waals surface area (Å²) >= 11 is 0. The van der Waals surface area contributed by atoms with Crippen LogP contribution in [0.25, 0.3) is 0 Å². The van der Waals surface area contributed by atoms with Crippen LogP contribution in [0.15, 0.2) is 0 Å². The molecule has 1 aliphatic rings. The number of carbonyl (C=O) groups excluding carboxylic acids is 1. The van der Waals surface area contributed by atoms with Crippen LogP contribution in [0.5, 0.6) is 0 Å². The van der Waals surface area contributed by atoms with Gasteiger partial charge in [0.1, 0.15) is 5.60 Å². The second kappa shape index (κ2) is 4.28. The Morgan fingerprint density at radius 1 is 1.57 bits per heavy atom. The first-order valence-electron chi connectivity index (χ1n) is 4.85. The minimum atomic E-state index is -1.05.